The number of hydrogen-bond donors (Lipinski definition) is 0. The van der Waals surface area contributed by atoms with Crippen LogP contribution in [-0.4, -0.2) is 64.3 Å². The topological polar surface area (TPSA) is 116 Å². The van der Waals surface area contributed by atoms with Crippen molar-refractivity contribution in [3.8, 4) is 28.4 Å². The number of rotatable bonds is 25. The Kier molecular flexibility index (Phi) is 18.4. The first-order valence-electron chi connectivity index (χ1n) is 19.9. The van der Waals surface area contributed by atoms with Crippen LogP contribution in [0.15, 0.2) is 78.9 Å². The minimum absolute atomic E-state index is 0.107. The molecular weight excluding hydrogens is 731 g/mol. The van der Waals surface area contributed by atoms with E-state index in [4.69, 9.17) is 33.2 Å². The van der Waals surface area contributed by atoms with E-state index in [1.165, 1.54) is 43.7 Å². The second kappa shape index (κ2) is 23.7. The first-order valence-corrected chi connectivity index (χ1v) is 19.9. The third-order valence-electron chi connectivity index (χ3n) is 9.29. The maximum atomic E-state index is 15.6. The minimum atomic E-state index is -0.716. The molecule has 0 saturated carbocycles. The number of esters is 2. The Morgan fingerprint density at radius 1 is 0.702 bits per heavy atom. The number of aryl methyl sites for hydroxylation is 3. The van der Waals surface area contributed by atoms with Gasteiger partial charge in [0.05, 0.1) is 25.7 Å². The van der Waals surface area contributed by atoms with E-state index in [1.807, 2.05) is 24.3 Å². The molecule has 1 aliphatic heterocycles. The van der Waals surface area contributed by atoms with Crippen LogP contribution in [0.4, 0.5) is 9.18 Å². The largest absolute Gasteiger partial charge is 0.508 e. The van der Waals surface area contributed by atoms with E-state index in [2.05, 4.69) is 32.2 Å². The number of cyclic esters (lactones) is 2. The van der Waals surface area contributed by atoms with Crippen molar-refractivity contribution in [3.63, 3.8) is 0 Å². The summed E-state index contributed by atoms with van der Waals surface area (Å²) in [5.74, 6) is -0.219. The quantitative estimate of drug-likeness (QED) is 0.0356. The number of ether oxygens (including phenoxy) is 7. The molecule has 57 heavy (non-hydrogen) atoms. The molecule has 0 aliphatic carbocycles. The zero-order valence-electron chi connectivity index (χ0n) is 33.7. The average molecular weight is 789 g/mol. The maximum absolute atomic E-state index is 15.6. The second-order valence-electron chi connectivity index (χ2n) is 14.4. The predicted octanol–water partition coefficient (Wildman–Crippen LogP) is 9.73. The number of carbonyl (C=O) groups excluding carboxylic acids is 3. The van der Waals surface area contributed by atoms with Gasteiger partial charge in [-0.25, -0.2) is 18.8 Å². The number of hydrogen-bond acceptors (Lipinski definition) is 10. The van der Waals surface area contributed by atoms with Crippen molar-refractivity contribution in [1.29, 1.82) is 0 Å². The van der Waals surface area contributed by atoms with E-state index in [0.29, 0.717) is 48.1 Å². The average Bonchev–Trinajstić information content (AvgIpc) is 3.20. The molecule has 0 radical (unpaired) electrons. The van der Waals surface area contributed by atoms with Crippen LogP contribution in [0.1, 0.15) is 82.4 Å². The standard InChI is InChI=1S/C46H57FO10/c1-6-7-8-9-10-13-34-16-19-40(20-17-34)51-24-25-52-42-21-18-36(28-41(42)47)39-26-37(14-11-22-53-44(48)32(2)3)43(55-29-35-30-56-46(50)57-31-35)38(27-39)15-12-23-54-45(49)33(4)5/h16-21,26-28,35H,2,4,6-15,22-25,29-31H2,1,3,5H3. The molecule has 0 atom stereocenters. The van der Waals surface area contributed by atoms with Gasteiger partial charge in [-0.1, -0.05) is 64.0 Å². The highest BCUT2D eigenvalue weighted by Crippen LogP contribution is 2.35. The molecule has 1 aliphatic rings. The van der Waals surface area contributed by atoms with Crippen molar-refractivity contribution in [2.75, 3.05) is 46.2 Å². The van der Waals surface area contributed by atoms with E-state index in [9.17, 15) is 14.4 Å². The lowest BCUT2D eigenvalue weighted by molar-refractivity contribution is -0.139. The lowest BCUT2D eigenvalue weighted by atomic mass is 9.94. The van der Waals surface area contributed by atoms with E-state index < -0.39 is 23.9 Å². The van der Waals surface area contributed by atoms with E-state index >= 15 is 4.39 Å². The van der Waals surface area contributed by atoms with Crippen LogP contribution >= 0.6 is 0 Å². The van der Waals surface area contributed by atoms with Crippen LogP contribution in [0.3, 0.4) is 0 Å². The Morgan fingerprint density at radius 3 is 1.88 bits per heavy atom. The van der Waals surface area contributed by atoms with Crippen LogP contribution in [0, 0.1) is 11.7 Å². The first kappa shape index (κ1) is 44.4. The third kappa shape index (κ3) is 15.3. The van der Waals surface area contributed by atoms with E-state index in [-0.39, 0.29) is 57.9 Å². The van der Waals surface area contributed by atoms with E-state index in [1.54, 1.807) is 26.0 Å². The van der Waals surface area contributed by atoms with Gasteiger partial charge in [0, 0.05) is 11.1 Å². The zero-order chi connectivity index (χ0) is 41.0. The highest BCUT2D eigenvalue weighted by molar-refractivity contribution is 5.87. The Hall–Kier alpha value is -5.32. The van der Waals surface area contributed by atoms with E-state index in [0.717, 1.165) is 28.9 Å². The third-order valence-corrected chi connectivity index (χ3v) is 9.29. The molecule has 0 aromatic heterocycles. The van der Waals surface area contributed by atoms with Gasteiger partial charge in [-0.2, -0.15) is 0 Å². The van der Waals surface area contributed by atoms with Gasteiger partial charge >= 0.3 is 18.1 Å². The predicted molar refractivity (Wildman–Crippen MR) is 216 cm³/mol. The summed E-state index contributed by atoms with van der Waals surface area (Å²) in [4.78, 5) is 35.5. The summed E-state index contributed by atoms with van der Waals surface area (Å²) >= 11 is 0. The normalized spacial score (nSPS) is 12.6. The molecule has 10 nitrogen and oxygen atoms in total. The molecule has 0 unspecified atom stereocenters. The molecule has 1 saturated heterocycles. The van der Waals surface area contributed by atoms with Crippen LogP contribution in [0.2, 0.25) is 0 Å². The van der Waals surface area contributed by atoms with Crippen molar-refractivity contribution >= 4 is 18.1 Å². The smallest absolute Gasteiger partial charge is 0.492 e. The van der Waals surface area contributed by atoms with Crippen LogP contribution in [0.5, 0.6) is 17.2 Å². The van der Waals surface area contributed by atoms with Crippen molar-refractivity contribution in [2.45, 2.75) is 85.0 Å². The SMILES string of the molecule is C=C(C)C(=O)OCCCc1cc(-c2ccc(OCCOc3ccc(CCCCCCC)cc3)c(F)c2)cc(CCCOC(=O)C(=C)C)c1OCC1COC(=O)OC1. The molecule has 1 fully saturated rings. The highest BCUT2D eigenvalue weighted by atomic mass is 19.1. The van der Waals surface area contributed by atoms with Gasteiger partial charge in [-0.05, 0) is 117 Å². The number of carbonyl (C=O) groups is 3. The van der Waals surface area contributed by atoms with Gasteiger partial charge < -0.3 is 33.2 Å². The van der Waals surface area contributed by atoms with Crippen molar-refractivity contribution in [3.05, 3.63) is 101 Å². The van der Waals surface area contributed by atoms with Crippen molar-refractivity contribution in [2.24, 2.45) is 5.92 Å². The number of halogens is 1. The molecule has 0 N–H and O–H groups in total. The summed E-state index contributed by atoms with van der Waals surface area (Å²) < 4.78 is 54.4. The Balaban J connectivity index is 1.47. The van der Waals surface area contributed by atoms with Gasteiger partial charge in [0.25, 0.3) is 0 Å². The molecule has 3 aromatic rings. The van der Waals surface area contributed by atoms with Gasteiger partial charge in [-0.3, -0.25) is 0 Å². The molecule has 0 bridgehead atoms. The monoisotopic (exact) mass is 788 g/mol. The minimum Gasteiger partial charge on any atom is -0.492 e. The highest BCUT2D eigenvalue weighted by Gasteiger charge is 2.23. The van der Waals surface area contributed by atoms with Crippen LogP contribution < -0.4 is 14.2 Å². The Morgan fingerprint density at radius 2 is 1.30 bits per heavy atom. The van der Waals surface area contributed by atoms with Gasteiger partial charge in [0.1, 0.15) is 37.9 Å². The molecule has 308 valence electrons. The molecule has 4 rings (SSSR count). The zero-order valence-corrected chi connectivity index (χ0v) is 33.7. The summed E-state index contributed by atoms with van der Waals surface area (Å²) in [7, 11) is 0. The van der Waals surface area contributed by atoms with Crippen LogP contribution in [0.25, 0.3) is 11.1 Å². The summed E-state index contributed by atoms with van der Waals surface area (Å²) in [6, 6.07) is 16.8. The Labute approximate surface area is 336 Å². The second-order valence-corrected chi connectivity index (χ2v) is 14.4. The summed E-state index contributed by atoms with van der Waals surface area (Å²) in [5, 5.41) is 0. The fourth-order valence-electron chi connectivity index (χ4n) is 6.13. The molecule has 0 spiro atoms. The van der Waals surface area contributed by atoms with Gasteiger partial charge in [0.2, 0.25) is 0 Å². The summed E-state index contributed by atoms with van der Waals surface area (Å²) in [6.45, 7) is 13.9. The lowest BCUT2D eigenvalue weighted by Gasteiger charge is -2.24. The molecule has 3 aromatic carbocycles. The fourth-order valence-corrected chi connectivity index (χ4v) is 6.13. The molecule has 1 heterocycles. The molecule has 0 amide bonds. The first-order chi connectivity index (χ1) is 27.5. The molecular formula is C46H57FO10. The number of benzene rings is 3. The molecule has 11 heteroatoms. The summed E-state index contributed by atoms with van der Waals surface area (Å²) in [5.41, 5.74) is 4.86. The van der Waals surface area contributed by atoms with Crippen molar-refractivity contribution in [1.82, 2.24) is 0 Å². The maximum Gasteiger partial charge on any atom is 0.508 e. The number of unbranched alkanes of at least 4 members (excludes halogenated alkanes) is 4. The fraction of sp³-hybridized carbons (Fsp3) is 0.457. The van der Waals surface area contributed by atoms with Gasteiger partial charge in [-0.15, -0.1) is 0 Å². The summed E-state index contributed by atoms with van der Waals surface area (Å²) in [6.07, 6.45) is 8.45. The Bertz CT molecular complexity index is 1740. The van der Waals surface area contributed by atoms with Crippen molar-refractivity contribution < 1.29 is 51.9 Å². The van der Waals surface area contributed by atoms with Gasteiger partial charge in [0.15, 0.2) is 11.6 Å². The van der Waals surface area contributed by atoms with Crippen LogP contribution in [-0.2, 0) is 47.8 Å². The lowest BCUT2D eigenvalue weighted by Crippen LogP contribution is -2.31.